The van der Waals surface area contributed by atoms with Crippen LogP contribution in [0.1, 0.15) is 24.9 Å². The highest BCUT2D eigenvalue weighted by Crippen LogP contribution is 2.41. The van der Waals surface area contributed by atoms with Crippen molar-refractivity contribution in [3.8, 4) is 5.75 Å². The largest absolute Gasteiger partial charge is 0.497 e. The summed E-state index contributed by atoms with van der Waals surface area (Å²) in [6.45, 7) is 2.22. The van der Waals surface area contributed by atoms with Gasteiger partial charge in [-0.1, -0.05) is 13.0 Å². The zero-order valence-corrected chi connectivity index (χ0v) is 13.8. The van der Waals surface area contributed by atoms with Gasteiger partial charge in [0.25, 0.3) is 0 Å². The van der Waals surface area contributed by atoms with Gasteiger partial charge in [-0.05, 0) is 19.5 Å². The maximum absolute atomic E-state index is 14.3. The molecular formula is C15H22FNOS2. The highest BCUT2D eigenvalue weighted by Gasteiger charge is 2.33. The first-order chi connectivity index (χ1) is 9.71. The second-order valence-corrected chi connectivity index (χ2v) is 7.44. The lowest BCUT2D eigenvalue weighted by atomic mass is 9.99. The van der Waals surface area contributed by atoms with E-state index in [1.54, 1.807) is 7.11 Å². The first-order valence-electron chi connectivity index (χ1n) is 6.95. The molecule has 112 valence electrons. The van der Waals surface area contributed by atoms with E-state index in [9.17, 15) is 4.39 Å². The third kappa shape index (κ3) is 3.43. The van der Waals surface area contributed by atoms with E-state index in [0.29, 0.717) is 16.2 Å². The van der Waals surface area contributed by atoms with Gasteiger partial charge in [0, 0.05) is 39.7 Å². The van der Waals surface area contributed by atoms with E-state index < -0.39 is 0 Å². The van der Waals surface area contributed by atoms with E-state index in [1.807, 2.05) is 42.7 Å². The van der Waals surface area contributed by atoms with Crippen molar-refractivity contribution in [2.45, 2.75) is 29.9 Å². The Hall–Kier alpha value is -0.390. The van der Waals surface area contributed by atoms with Crippen molar-refractivity contribution < 1.29 is 9.13 Å². The number of methoxy groups -OCH3 is 1. The van der Waals surface area contributed by atoms with E-state index in [2.05, 4.69) is 12.2 Å². The first kappa shape index (κ1) is 16.0. The topological polar surface area (TPSA) is 21.3 Å². The minimum Gasteiger partial charge on any atom is -0.497 e. The molecule has 3 atom stereocenters. The van der Waals surface area contributed by atoms with Crippen molar-refractivity contribution in [1.29, 1.82) is 0 Å². The first-order valence-corrected chi connectivity index (χ1v) is 9.05. The van der Waals surface area contributed by atoms with Crippen LogP contribution in [0.25, 0.3) is 0 Å². The van der Waals surface area contributed by atoms with Gasteiger partial charge in [0.05, 0.1) is 7.11 Å². The molecule has 1 aromatic rings. The van der Waals surface area contributed by atoms with E-state index in [-0.39, 0.29) is 11.9 Å². The normalized spacial score (nSPS) is 24.4. The molecule has 1 aromatic carbocycles. The van der Waals surface area contributed by atoms with Gasteiger partial charge < -0.3 is 10.1 Å². The summed E-state index contributed by atoms with van der Waals surface area (Å²) >= 11 is 3.98. The van der Waals surface area contributed by atoms with E-state index in [0.717, 1.165) is 17.7 Å². The predicted molar refractivity (Wildman–Crippen MR) is 87.5 cm³/mol. The molecule has 0 amide bonds. The number of benzene rings is 1. The lowest BCUT2D eigenvalue weighted by molar-refractivity contribution is 0.409. The Kier molecular flexibility index (Phi) is 6.05. The van der Waals surface area contributed by atoms with Gasteiger partial charge in [-0.2, -0.15) is 23.5 Å². The minimum absolute atomic E-state index is 0.0451. The molecule has 1 heterocycles. The second-order valence-electron chi connectivity index (χ2n) is 4.81. The van der Waals surface area contributed by atoms with Crippen molar-refractivity contribution in [3.05, 3.63) is 29.6 Å². The lowest BCUT2D eigenvalue weighted by Gasteiger charge is -2.36. The summed E-state index contributed by atoms with van der Waals surface area (Å²) in [5.74, 6) is 2.72. The van der Waals surface area contributed by atoms with Gasteiger partial charge >= 0.3 is 0 Å². The fourth-order valence-electron chi connectivity index (χ4n) is 2.63. The zero-order chi connectivity index (χ0) is 14.5. The number of ether oxygens (including phenoxy) is 1. The maximum Gasteiger partial charge on any atom is 0.131 e. The molecule has 1 aliphatic rings. The fourth-order valence-corrected chi connectivity index (χ4v) is 5.91. The Labute approximate surface area is 129 Å². The molecule has 0 radical (unpaired) electrons. The average molecular weight is 315 g/mol. The molecule has 20 heavy (non-hydrogen) atoms. The quantitative estimate of drug-likeness (QED) is 0.893. The average Bonchev–Trinajstić information content (AvgIpc) is 2.50. The van der Waals surface area contributed by atoms with Crippen LogP contribution in [-0.2, 0) is 0 Å². The smallest absolute Gasteiger partial charge is 0.131 e. The van der Waals surface area contributed by atoms with Crippen LogP contribution in [0.4, 0.5) is 4.39 Å². The minimum atomic E-state index is -0.185. The Morgan fingerprint density at radius 1 is 1.40 bits per heavy atom. The second kappa shape index (κ2) is 7.57. The van der Waals surface area contributed by atoms with E-state index >= 15 is 0 Å². The molecule has 1 aliphatic heterocycles. The molecule has 1 fully saturated rings. The summed E-state index contributed by atoms with van der Waals surface area (Å²) in [5.41, 5.74) is 0.742. The molecule has 0 saturated carbocycles. The number of thioether (sulfide) groups is 2. The molecule has 2 nitrogen and oxygen atoms in total. The van der Waals surface area contributed by atoms with Crippen LogP contribution < -0.4 is 10.1 Å². The summed E-state index contributed by atoms with van der Waals surface area (Å²) in [7, 11) is 3.48. The molecule has 0 aromatic heterocycles. The predicted octanol–water partition coefficient (Wildman–Crippen LogP) is 3.72. The van der Waals surface area contributed by atoms with Crippen molar-refractivity contribution in [3.63, 3.8) is 0 Å². The highest BCUT2D eigenvalue weighted by molar-refractivity contribution is 8.07. The van der Waals surface area contributed by atoms with Crippen LogP contribution in [0.15, 0.2) is 18.2 Å². The number of rotatable bonds is 5. The van der Waals surface area contributed by atoms with Crippen LogP contribution in [0.5, 0.6) is 5.75 Å². The Morgan fingerprint density at radius 2 is 2.15 bits per heavy atom. The van der Waals surface area contributed by atoms with Crippen molar-refractivity contribution >= 4 is 23.5 Å². The van der Waals surface area contributed by atoms with Crippen molar-refractivity contribution in [2.24, 2.45) is 0 Å². The molecule has 1 N–H and O–H groups in total. The zero-order valence-electron chi connectivity index (χ0n) is 12.2. The summed E-state index contributed by atoms with van der Waals surface area (Å²) in [4.78, 5) is 0. The van der Waals surface area contributed by atoms with Crippen LogP contribution in [-0.4, -0.2) is 36.2 Å². The summed E-state index contributed by atoms with van der Waals surface area (Å²) in [6.07, 6.45) is 1.12. The van der Waals surface area contributed by atoms with Gasteiger partial charge in [0.2, 0.25) is 0 Å². The van der Waals surface area contributed by atoms with Crippen molar-refractivity contribution in [1.82, 2.24) is 5.32 Å². The number of hydrogen-bond acceptors (Lipinski definition) is 4. The fraction of sp³-hybridized carbons (Fsp3) is 0.600. The SMILES string of the molecule is CCC1SCCSC1C(NC)c1ccc(OC)cc1F. The highest BCUT2D eigenvalue weighted by atomic mass is 32.2. The molecule has 0 aliphatic carbocycles. The number of hydrogen-bond donors (Lipinski definition) is 1. The Bertz CT molecular complexity index is 444. The molecule has 5 heteroatoms. The van der Waals surface area contributed by atoms with E-state index in [1.165, 1.54) is 11.8 Å². The molecule has 0 bridgehead atoms. The lowest BCUT2D eigenvalue weighted by Crippen LogP contribution is -2.37. The monoisotopic (exact) mass is 315 g/mol. The molecule has 0 spiro atoms. The van der Waals surface area contributed by atoms with E-state index in [4.69, 9.17) is 4.74 Å². The van der Waals surface area contributed by atoms with Crippen molar-refractivity contribution in [2.75, 3.05) is 25.7 Å². The molecule has 2 rings (SSSR count). The third-order valence-electron chi connectivity index (χ3n) is 3.68. The molecule has 1 saturated heterocycles. The van der Waals surface area contributed by atoms with Gasteiger partial charge in [0.15, 0.2) is 0 Å². The summed E-state index contributed by atoms with van der Waals surface area (Å²) in [5, 5.41) is 4.30. The summed E-state index contributed by atoms with van der Waals surface area (Å²) < 4.78 is 19.4. The molecular weight excluding hydrogens is 293 g/mol. The van der Waals surface area contributed by atoms with Crippen LogP contribution in [0.2, 0.25) is 0 Å². The Balaban J connectivity index is 2.26. The van der Waals surface area contributed by atoms with Gasteiger partial charge in [-0.15, -0.1) is 0 Å². The third-order valence-corrected chi connectivity index (χ3v) is 7.03. The Morgan fingerprint density at radius 3 is 2.75 bits per heavy atom. The standard InChI is InChI=1S/C15H22FNOS2/c1-4-13-15(20-8-7-19-13)14(17-2)11-6-5-10(18-3)9-12(11)16/h5-6,9,13-15,17H,4,7-8H2,1-3H3. The van der Waals surface area contributed by atoms with Gasteiger partial charge in [-0.3, -0.25) is 0 Å². The van der Waals surface area contributed by atoms with Gasteiger partial charge in [0.1, 0.15) is 11.6 Å². The van der Waals surface area contributed by atoms with Crippen LogP contribution >= 0.6 is 23.5 Å². The van der Waals surface area contributed by atoms with Crippen LogP contribution in [0.3, 0.4) is 0 Å². The summed E-state index contributed by atoms with van der Waals surface area (Å²) in [6, 6.07) is 5.21. The van der Waals surface area contributed by atoms with Gasteiger partial charge in [-0.25, -0.2) is 4.39 Å². The van der Waals surface area contributed by atoms with Crippen LogP contribution in [0, 0.1) is 5.82 Å². The maximum atomic E-state index is 14.3. The number of halogens is 1. The molecule has 3 unspecified atom stereocenters. The number of nitrogens with one attached hydrogen (secondary N) is 1.